The first-order chi connectivity index (χ1) is 16.5. The normalized spacial score (nSPS) is 13.7. The number of rotatable bonds is 6. The zero-order valence-corrected chi connectivity index (χ0v) is 19.0. The number of nitrogens with zero attached hydrogens (tertiary/aromatic N) is 8. The Bertz CT molecular complexity index is 1570. The van der Waals surface area contributed by atoms with Crippen LogP contribution >= 0.6 is 23.2 Å². The SMILES string of the molecule is O=C(NCc1ncn2ccc(Cl)c(F)c12)c1cn(Cc2nc3cc(C4CC4)cc(Cl)n3n2)nn1. The summed E-state index contributed by atoms with van der Waals surface area (Å²) in [6.45, 7) is 0.210. The van der Waals surface area contributed by atoms with Crippen molar-refractivity contribution in [2.24, 2.45) is 0 Å². The van der Waals surface area contributed by atoms with E-state index in [1.54, 1.807) is 10.7 Å². The molecule has 6 rings (SSSR count). The number of carbonyl (C=O) groups is 1. The Balaban J connectivity index is 1.16. The highest BCUT2D eigenvalue weighted by atomic mass is 35.5. The van der Waals surface area contributed by atoms with Gasteiger partial charge in [0.15, 0.2) is 23.0 Å². The lowest BCUT2D eigenvalue weighted by Gasteiger charge is -2.03. The van der Waals surface area contributed by atoms with Crippen LogP contribution in [0.3, 0.4) is 0 Å². The van der Waals surface area contributed by atoms with E-state index in [2.05, 4.69) is 30.7 Å². The highest BCUT2D eigenvalue weighted by molar-refractivity contribution is 6.31. The van der Waals surface area contributed by atoms with Crippen molar-refractivity contribution in [1.29, 1.82) is 0 Å². The second kappa shape index (κ2) is 8.03. The third-order valence-electron chi connectivity index (χ3n) is 5.67. The number of hydrogen-bond donors (Lipinski definition) is 1. The number of imidazole rings is 1. The predicted octanol–water partition coefficient (Wildman–Crippen LogP) is 3.27. The number of aromatic nitrogens is 8. The molecule has 13 heteroatoms. The van der Waals surface area contributed by atoms with Crippen molar-refractivity contribution in [2.45, 2.75) is 31.8 Å². The second-order valence-electron chi connectivity index (χ2n) is 8.09. The number of nitrogens with one attached hydrogen (secondary N) is 1. The van der Waals surface area contributed by atoms with Crippen LogP contribution in [0.1, 0.15) is 46.3 Å². The van der Waals surface area contributed by atoms with E-state index in [0.717, 1.165) is 12.8 Å². The highest BCUT2D eigenvalue weighted by Gasteiger charge is 2.25. The molecule has 1 amide bonds. The van der Waals surface area contributed by atoms with Gasteiger partial charge in [0.2, 0.25) is 0 Å². The van der Waals surface area contributed by atoms with Crippen LogP contribution < -0.4 is 5.32 Å². The van der Waals surface area contributed by atoms with Gasteiger partial charge in [-0.25, -0.2) is 23.6 Å². The van der Waals surface area contributed by atoms with Crippen molar-refractivity contribution in [2.75, 3.05) is 0 Å². The molecule has 0 unspecified atom stereocenters. The minimum atomic E-state index is -0.596. The van der Waals surface area contributed by atoms with Crippen LogP contribution in [-0.4, -0.2) is 44.9 Å². The summed E-state index contributed by atoms with van der Waals surface area (Å²) in [5, 5.41) is 15.5. The zero-order chi connectivity index (χ0) is 23.4. The van der Waals surface area contributed by atoms with Crippen LogP contribution in [0.2, 0.25) is 10.2 Å². The summed E-state index contributed by atoms with van der Waals surface area (Å²) in [6.07, 6.45) is 6.86. The molecule has 1 N–H and O–H groups in total. The quantitative estimate of drug-likeness (QED) is 0.359. The first-order valence-corrected chi connectivity index (χ1v) is 11.2. The molecule has 0 atom stereocenters. The lowest BCUT2D eigenvalue weighted by molar-refractivity contribution is 0.0945. The number of pyridine rings is 2. The molecule has 5 aromatic heterocycles. The van der Waals surface area contributed by atoms with E-state index < -0.39 is 11.7 Å². The Kier molecular flexibility index (Phi) is 4.96. The van der Waals surface area contributed by atoms with E-state index in [9.17, 15) is 9.18 Å². The third-order valence-corrected chi connectivity index (χ3v) is 6.23. The second-order valence-corrected chi connectivity index (χ2v) is 8.89. The molecule has 0 spiro atoms. The minimum absolute atomic E-state index is 0.00469. The lowest BCUT2D eigenvalue weighted by Crippen LogP contribution is -2.23. The van der Waals surface area contributed by atoms with Gasteiger partial charge < -0.3 is 9.72 Å². The largest absolute Gasteiger partial charge is 0.345 e. The lowest BCUT2D eigenvalue weighted by atomic mass is 10.2. The van der Waals surface area contributed by atoms with E-state index in [-0.39, 0.29) is 29.3 Å². The molecule has 1 aliphatic rings. The van der Waals surface area contributed by atoms with Crippen molar-refractivity contribution in [1.82, 2.24) is 44.3 Å². The number of amides is 1. The summed E-state index contributed by atoms with van der Waals surface area (Å²) < 4.78 is 18.9. The first-order valence-electron chi connectivity index (χ1n) is 10.5. The van der Waals surface area contributed by atoms with Gasteiger partial charge in [-0.1, -0.05) is 28.4 Å². The van der Waals surface area contributed by atoms with Crippen molar-refractivity contribution < 1.29 is 9.18 Å². The molecule has 0 aromatic carbocycles. The molecule has 34 heavy (non-hydrogen) atoms. The number of fused-ring (bicyclic) bond motifs is 2. The number of halogens is 3. The van der Waals surface area contributed by atoms with Gasteiger partial charge in [0.25, 0.3) is 5.91 Å². The van der Waals surface area contributed by atoms with Gasteiger partial charge in [-0.15, -0.1) is 10.2 Å². The Morgan fingerprint density at radius 3 is 2.94 bits per heavy atom. The fourth-order valence-electron chi connectivity index (χ4n) is 3.82. The van der Waals surface area contributed by atoms with Gasteiger partial charge in [0.05, 0.1) is 29.8 Å². The van der Waals surface area contributed by atoms with Crippen LogP contribution in [0.5, 0.6) is 0 Å². The maximum Gasteiger partial charge on any atom is 0.273 e. The molecule has 0 saturated heterocycles. The van der Waals surface area contributed by atoms with E-state index in [0.29, 0.717) is 28.2 Å². The fraction of sp³-hybridized carbons (Fsp3) is 0.238. The fourth-order valence-corrected chi connectivity index (χ4v) is 4.22. The van der Waals surface area contributed by atoms with E-state index in [4.69, 9.17) is 23.2 Å². The van der Waals surface area contributed by atoms with E-state index in [1.165, 1.54) is 33.2 Å². The summed E-state index contributed by atoms with van der Waals surface area (Å²) in [5.41, 5.74) is 2.49. The highest BCUT2D eigenvalue weighted by Crippen LogP contribution is 2.41. The van der Waals surface area contributed by atoms with Gasteiger partial charge in [-0.3, -0.25) is 4.79 Å². The number of hydrogen-bond acceptors (Lipinski definition) is 6. The molecule has 1 fully saturated rings. The Morgan fingerprint density at radius 1 is 1.26 bits per heavy atom. The van der Waals surface area contributed by atoms with Crippen molar-refractivity contribution >= 4 is 40.3 Å². The maximum atomic E-state index is 14.4. The topological polar surface area (TPSA) is 107 Å². The van der Waals surface area contributed by atoms with Gasteiger partial charge in [-0.05, 0) is 42.5 Å². The molecule has 5 aromatic rings. The van der Waals surface area contributed by atoms with Crippen LogP contribution in [0, 0.1) is 5.82 Å². The zero-order valence-electron chi connectivity index (χ0n) is 17.5. The van der Waals surface area contributed by atoms with Crippen molar-refractivity contribution in [3.63, 3.8) is 0 Å². The van der Waals surface area contributed by atoms with Crippen LogP contribution in [-0.2, 0) is 13.1 Å². The van der Waals surface area contributed by atoms with Gasteiger partial charge in [-0.2, -0.15) is 0 Å². The molecule has 0 radical (unpaired) electrons. The predicted molar refractivity (Wildman–Crippen MR) is 120 cm³/mol. The average Bonchev–Trinajstić information content (AvgIpc) is 3.22. The van der Waals surface area contributed by atoms with Crippen molar-refractivity contribution in [3.05, 3.63) is 75.7 Å². The molecule has 0 bridgehead atoms. The standard InChI is InChI=1S/C21H16Cl2FN9O/c22-13-3-4-31-10-26-14(20(31)19(13)24)7-25-21(34)15-8-32(30-28-15)9-17-27-18-6-12(11-1-2-11)5-16(23)33(18)29-17/h3-6,8,10-11H,1-2,7,9H2,(H,25,34). The summed E-state index contributed by atoms with van der Waals surface area (Å²) >= 11 is 12.2. The summed E-state index contributed by atoms with van der Waals surface area (Å²) in [5.74, 6) is -0.0349. The van der Waals surface area contributed by atoms with Crippen LogP contribution in [0.25, 0.3) is 11.2 Å². The van der Waals surface area contributed by atoms with Gasteiger partial charge in [0, 0.05) is 6.20 Å². The summed E-state index contributed by atoms with van der Waals surface area (Å²) in [6, 6.07) is 5.35. The molecule has 10 nitrogen and oxygen atoms in total. The average molecular weight is 500 g/mol. The molecular weight excluding hydrogens is 484 g/mol. The molecule has 1 saturated carbocycles. The van der Waals surface area contributed by atoms with Crippen LogP contribution in [0.15, 0.2) is 36.9 Å². The molecule has 0 aliphatic heterocycles. The first kappa shape index (κ1) is 21.0. The monoisotopic (exact) mass is 499 g/mol. The Labute approximate surface area is 201 Å². The maximum absolute atomic E-state index is 14.4. The molecule has 1 aliphatic carbocycles. The van der Waals surface area contributed by atoms with E-state index >= 15 is 0 Å². The minimum Gasteiger partial charge on any atom is -0.345 e. The molecule has 172 valence electrons. The third kappa shape index (κ3) is 3.76. The van der Waals surface area contributed by atoms with Crippen LogP contribution in [0.4, 0.5) is 4.39 Å². The smallest absolute Gasteiger partial charge is 0.273 e. The Hall–Kier alpha value is -3.57. The van der Waals surface area contributed by atoms with Crippen molar-refractivity contribution in [3.8, 4) is 0 Å². The number of carbonyl (C=O) groups excluding carboxylic acids is 1. The van der Waals surface area contributed by atoms with E-state index in [1.807, 2.05) is 12.1 Å². The Morgan fingerprint density at radius 2 is 2.12 bits per heavy atom. The summed E-state index contributed by atoms with van der Waals surface area (Å²) in [4.78, 5) is 21.2. The molecular formula is C21H16Cl2FN9O. The van der Waals surface area contributed by atoms with Gasteiger partial charge in [0.1, 0.15) is 17.2 Å². The molecule has 5 heterocycles. The summed E-state index contributed by atoms with van der Waals surface area (Å²) in [7, 11) is 0. The van der Waals surface area contributed by atoms with Gasteiger partial charge >= 0.3 is 0 Å².